The zero-order valence-corrected chi connectivity index (χ0v) is 12.7. The molecular formula is C15H9ClINO. The smallest absolute Gasteiger partial charge is 0.256 e. The normalized spacial score (nSPS) is 15.5. The first kappa shape index (κ1) is 12.7. The molecular weight excluding hydrogens is 373 g/mol. The molecule has 94 valence electrons. The summed E-state index contributed by atoms with van der Waals surface area (Å²) in [6.45, 7) is 0. The van der Waals surface area contributed by atoms with Gasteiger partial charge in [-0.2, -0.15) is 0 Å². The van der Waals surface area contributed by atoms with Crippen LogP contribution in [0.5, 0.6) is 0 Å². The highest BCUT2D eigenvalue weighted by Gasteiger charge is 2.23. The molecule has 0 atom stereocenters. The minimum absolute atomic E-state index is 0.0722. The summed E-state index contributed by atoms with van der Waals surface area (Å²) < 4.78 is 1.10. The number of hydrogen-bond donors (Lipinski definition) is 1. The van der Waals surface area contributed by atoms with Crippen molar-refractivity contribution in [2.75, 3.05) is 5.32 Å². The minimum Gasteiger partial charge on any atom is -0.321 e. The van der Waals surface area contributed by atoms with Crippen molar-refractivity contribution in [3.8, 4) is 0 Å². The first-order valence-electron chi connectivity index (χ1n) is 5.72. The number of nitrogens with one attached hydrogen (secondary N) is 1. The van der Waals surface area contributed by atoms with Gasteiger partial charge in [-0.1, -0.05) is 23.7 Å². The van der Waals surface area contributed by atoms with Crippen LogP contribution in [0.3, 0.4) is 0 Å². The van der Waals surface area contributed by atoms with Crippen molar-refractivity contribution in [3.63, 3.8) is 0 Å². The van der Waals surface area contributed by atoms with Gasteiger partial charge in [0.15, 0.2) is 0 Å². The summed E-state index contributed by atoms with van der Waals surface area (Å²) in [5.41, 5.74) is 3.40. The molecule has 0 spiro atoms. The van der Waals surface area contributed by atoms with Gasteiger partial charge in [-0.3, -0.25) is 4.79 Å². The molecule has 0 saturated heterocycles. The topological polar surface area (TPSA) is 29.1 Å². The summed E-state index contributed by atoms with van der Waals surface area (Å²) in [4.78, 5) is 12.0. The lowest BCUT2D eigenvalue weighted by Crippen LogP contribution is -2.03. The summed E-state index contributed by atoms with van der Waals surface area (Å²) in [5, 5.41) is 3.53. The highest BCUT2D eigenvalue weighted by molar-refractivity contribution is 14.1. The second-order valence-corrected chi connectivity index (χ2v) is 5.94. The van der Waals surface area contributed by atoms with Crippen LogP contribution in [0, 0.1) is 3.57 Å². The van der Waals surface area contributed by atoms with Gasteiger partial charge in [0.2, 0.25) is 0 Å². The highest BCUT2D eigenvalue weighted by Crippen LogP contribution is 2.34. The number of carbonyl (C=O) groups is 1. The molecule has 2 aromatic carbocycles. The summed E-state index contributed by atoms with van der Waals surface area (Å²) in [5.74, 6) is -0.0722. The average Bonchev–Trinajstić information content (AvgIpc) is 2.66. The standard InChI is InChI=1S/C15H9ClINO/c16-10-3-1-2-9(6-10)7-13-12-8-11(17)4-5-14(12)18-15(13)19/h1-8H,(H,18,19). The molecule has 0 aromatic heterocycles. The van der Waals surface area contributed by atoms with Gasteiger partial charge in [0.1, 0.15) is 0 Å². The van der Waals surface area contributed by atoms with Gasteiger partial charge in [-0.15, -0.1) is 0 Å². The summed E-state index contributed by atoms with van der Waals surface area (Å²) in [7, 11) is 0. The zero-order valence-electron chi connectivity index (χ0n) is 9.78. The van der Waals surface area contributed by atoms with Crippen LogP contribution in [0.2, 0.25) is 5.02 Å². The van der Waals surface area contributed by atoms with Gasteiger partial charge in [0.25, 0.3) is 5.91 Å². The predicted octanol–water partition coefficient (Wildman–Crippen LogP) is 4.44. The van der Waals surface area contributed by atoms with Crippen molar-refractivity contribution in [1.29, 1.82) is 0 Å². The molecule has 1 aliphatic rings. The second-order valence-electron chi connectivity index (χ2n) is 4.26. The van der Waals surface area contributed by atoms with Gasteiger partial charge in [0.05, 0.1) is 0 Å². The van der Waals surface area contributed by atoms with Crippen LogP contribution in [0.25, 0.3) is 11.6 Å². The van der Waals surface area contributed by atoms with E-state index in [9.17, 15) is 4.79 Å². The molecule has 1 N–H and O–H groups in total. The maximum Gasteiger partial charge on any atom is 0.256 e. The first-order valence-corrected chi connectivity index (χ1v) is 7.18. The average molecular weight is 382 g/mol. The molecule has 1 aliphatic heterocycles. The van der Waals surface area contributed by atoms with Crippen molar-refractivity contribution in [3.05, 3.63) is 62.2 Å². The number of hydrogen-bond acceptors (Lipinski definition) is 1. The van der Waals surface area contributed by atoms with E-state index in [1.807, 2.05) is 48.5 Å². The van der Waals surface area contributed by atoms with E-state index >= 15 is 0 Å². The predicted molar refractivity (Wildman–Crippen MR) is 87.1 cm³/mol. The van der Waals surface area contributed by atoms with Crippen LogP contribution < -0.4 is 5.32 Å². The Kier molecular flexibility index (Phi) is 3.33. The molecule has 0 unspecified atom stereocenters. The van der Waals surface area contributed by atoms with Crippen LogP contribution >= 0.6 is 34.2 Å². The van der Waals surface area contributed by atoms with Crippen LogP contribution in [0.15, 0.2) is 42.5 Å². The molecule has 2 aromatic rings. The third kappa shape index (κ3) is 2.53. The molecule has 4 heteroatoms. The number of benzene rings is 2. The SMILES string of the molecule is O=C1Nc2ccc(I)cc2C1=Cc1cccc(Cl)c1. The van der Waals surface area contributed by atoms with Gasteiger partial charge >= 0.3 is 0 Å². The fourth-order valence-electron chi connectivity index (χ4n) is 2.07. The number of anilines is 1. The van der Waals surface area contributed by atoms with Crippen molar-refractivity contribution >= 4 is 57.4 Å². The Morgan fingerprint density at radius 2 is 2.00 bits per heavy atom. The third-order valence-electron chi connectivity index (χ3n) is 2.92. The molecule has 1 amide bonds. The van der Waals surface area contributed by atoms with Crippen LogP contribution in [-0.2, 0) is 4.79 Å². The van der Waals surface area contributed by atoms with Gasteiger partial charge in [-0.25, -0.2) is 0 Å². The van der Waals surface area contributed by atoms with Crippen molar-refractivity contribution in [2.24, 2.45) is 0 Å². The molecule has 0 fully saturated rings. The Bertz CT molecular complexity index is 709. The number of fused-ring (bicyclic) bond motifs is 1. The molecule has 3 rings (SSSR count). The van der Waals surface area contributed by atoms with E-state index in [0.717, 1.165) is 20.4 Å². The van der Waals surface area contributed by atoms with Gasteiger partial charge < -0.3 is 5.32 Å². The van der Waals surface area contributed by atoms with E-state index in [2.05, 4.69) is 27.9 Å². The quantitative estimate of drug-likeness (QED) is 0.574. The Balaban J connectivity index is 2.11. The van der Waals surface area contributed by atoms with Crippen LogP contribution in [0.1, 0.15) is 11.1 Å². The number of amides is 1. The molecule has 0 radical (unpaired) electrons. The van der Waals surface area contributed by atoms with Crippen LogP contribution in [0.4, 0.5) is 5.69 Å². The molecule has 2 nitrogen and oxygen atoms in total. The largest absolute Gasteiger partial charge is 0.321 e. The van der Waals surface area contributed by atoms with Crippen molar-refractivity contribution in [2.45, 2.75) is 0 Å². The minimum atomic E-state index is -0.0722. The lowest BCUT2D eigenvalue weighted by molar-refractivity contribution is -0.110. The van der Waals surface area contributed by atoms with E-state index in [0.29, 0.717) is 10.6 Å². The molecule has 0 bridgehead atoms. The number of rotatable bonds is 1. The molecule has 0 aliphatic carbocycles. The Labute approximate surface area is 129 Å². The number of carbonyl (C=O) groups excluding carboxylic acids is 1. The Morgan fingerprint density at radius 1 is 1.16 bits per heavy atom. The van der Waals surface area contributed by atoms with Crippen molar-refractivity contribution in [1.82, 2.24) is 0 Å². The zero-order chi connectivity index (χ0) is 13.4. The van der Waals surface area contributed by atoms with E-state index in [1.165, 1.54) is 0 Å². The molecule has 1 heterocycles. The van der Waals surface area contributed by atoms with E-state index in [4.69, 9.17) is 11.6 Å². The molecule has 19 heavy (non-hydrogen) atoms. The monoisotopic (exact) mass is 381 g/mol. The summed E-state index contributed by atoms with van der Waals surface area (Å²) >= 11 is 8.20. The van der Waals surface area contributed by atoms with Gasteiger partial charge in [-0.05, 0) is 64.6 Å². The highest BCUT2D eigenvalue weighted by atomic mass is 127. The second kappa shape index (κ2) is 4.98. The fourth-order valence-corrected chi connectivity index (χ4v) is 2.76. The van der Waals surface area contributed by atoms with E-state index in [1.54, 1.807) is 0 Å². The summed E-state index contributed by atoms with van der Waals surface area (Å²) in [6.07, 6.45) is 1.86. The lowest BCUT2D eigenvalue weighted by Gasteiger charge is -2.00. The Morgan fingerprint density at radius 3 is 2.79 bits per heavy atom. The van der Waals surface area contributed by atoms with Gasteiger partial charge in [0, 0.05) is 25.4 Å². The molecule has 0 saturated carbocycles. The van der Waals surface area contributed by atoms with Crippen molar-refractivity contribution < 1.29 is 4.79 Å². The van der Waals surface area contributed by atoms with E-state index in [-0.39, 0.29) is 5.91 Å². The fraction of sp³-hybridized carbons (Fsp3) is 0. The first-order chi connectivity index (χ1) is 9.13. The maximum atomic E-state index is 12.0. The maximum absolute atomic E-state index is 12.0. The Hall–Kier alpha value is -1.33. The van der Waals surface area contributed by atoms with Crippen LogP contribution in [-0.4, -0.2) is 5.91 Å². The summed E-state index contributed by atoms with van der Waals surface area (Å²) in [6, 6.07) is 13.4. The van der Waals surface area contributed by atoms with E-state index < -0.39 is 0 Å². The number of halogens is 2. The third-order valence-corrected chi connectivity index (χ3v) is 3.83. The lowest BCUT2D eigenvalue weighted by atomic mass is 10.0.